The largest absolute Gasteiger partial charge is 0.444 e. The predicted octanol–water partition coefficient (Wildman–Crippen LogP) is 4.17. The summed E-state index contributed by atoms with van der Waals surface area (Å²) in [5, 5.41) is 5.70. The zero-order chi connectivity index (χ0) is 25.9. The van der Waals surface area contributed by atoms with Gasteiger partial charge in [-0.2, -0.15) is 0 Å². The molecule has 0 spiro atoms. The minimum absolute atomic E-state index is 0.357. The molecule has 1 saturated carbocycles. The summed E-state index contributed by atoms with van der Waals surface area (Å²) in [6.07, 6.45) is 1.67. The fourth-order valence-electron chi connectivity index (χ4n) is 4.77. The van der Waals surface area contributed by atoms with Crippen molar-refractivity contribution in [1.29, 1.82) is 0 Å². The molecule has 0 bridgehead atoms. The number of amides is 3. The zero-order valence-electron chi connectivity index (χ0n) is 21.3. The van der Waals surface area contributed by atoms with Gasteiger partial charge >= 0.3 is 6.09 Å². The number of fused-ring (bicyclic) bond motifs is 1. The smallest absolute Gasteiger partial charge is 0.408 e. The minimum atomic E-state index is -1.17. The van der Waals surface area contributed by atoms with Crippen LogP contribution >= 0.6 is 0 Å². The number of alkyl carbamates (subject to hydrolysis) is 1. The summed E-state index contributed by atoms with van der Waals surface area (Å²) in [4.78, 5) is 46.2. The Morgan fingerprint density at radius 3 is 2.31 bits per heavy atom. The summed E-state index contributed by atoms with van der Waals surface area (Å²) in [5.74, 6) is -0.785. The molecule has 190 valence electrons. The number of nitrogens with one attached hydrogen (secondary N) is 2. The number of para-hydroxylation sites is 1. The molecule has 1 aliphatic carbocycles. The summed E-state index contributed by atoms with van der Waals surface area (Å²) in [6, 6.07) is 17.1. The SMILES string of the molecule is CN1C(=O)C(NC(=O)C2(NC(=O)OC(C)(C)C)CCCCC2)N=C(c2ccccc2)c2ccccc21. The molecule has 1 aliphatic heterocycles. The first-order valence-electron chi connectivity index (χ1n) is 12.4. The van der Waals surface area contributed by atoms with E-state index in [2.05, 4.69) is 10.6 Å². The number of rotatable bonds is 4. The molecule has 8 nitrogen and oxygen atoms in total. The second kappa shape index (κ2) is 10.1. The molecule has 2 N–H and O–H groups in total. The first-order chi connectivity index (χ1) is 17.1. The normalized spacial score (nSPS) is 19.4. The van der Waals surface area contributed by atoms with Crippen LogP contribution in [0.5, 0.6) is 0 Å². The monoisotopic (exact) mass is 490 g/mol. The Kier molecular flexibility index (Phi) is 7.15. The van der Waals surface area contributed by atoms with Crippen LogP contribution in [0.4, 0.5) is 10.5 Å². The van der Waals surface area contributed by atoms with Crippen molar-refractivity contribution in [2.75, 3.05) is 11.9 Å². The lowest BCUT2D eigenvalue weighted by atomic mass is 9.81. The maximum atomic E-state index is 13.7. The Morgan fingerprint density at radius 1 is 1.00 bits per heavy atom. The Labute approximate surface area is 212 Å². The van der Waals surface area contributed by atoms with Gasteiger partial charge in [-0.15, -0.1) is 0 Å². The summed E-state index contributed by atoms with van der Waals surface area (Å²) < 4.78 is 5.45. The number of benzene rings is 2. The fraction of sp³-hybridized carbons (Fsp3) is 0.429. The molecular formula is C28H34N4O4. The van der Waals surface area contributed by atoms with Gasteiger partial charge in [0.15, 0.2) is 0 Å². The van der Waals surface area contributed by atoms with Crippen LogP contribution in [0.15, 0.2) is 59.6 Å². The van der Waals surface area contributed by atoms with Crippen molar-refractivity contribution >= 4 is 29.3 Å². The van der Waals surface area contributed by atoms with Crippen molar-refractivity contribution in [2.24, 2.45) is 4.99 Å². The molecule has 2 aromatic carbocycles. The van der Waals surface area contributed by atoms with Crippen molar-refractivity contribution in [3.05, 3.63) is 65.7 Å². The van der Waals surface area contributed by atoms with E-state index in [9.17, 15) is 14.4 Å². The Bertz CT molecular complexity index is 1160. The van der Waals surface area contributed by atoms with Gasteiger partial charge in [0.2, 0.25) is 12.1 Å². The first-order valence-corrected chi connectivity index (χ1v) is 12.4. The molecule has 4 rings (SSSR count). The van der Waals surface area contributed by atoms with Crippen molar-refractivity contribution < 1.29 is 19.1 Å². The van der Waals surface area contributed by atoms with E-state index in [1.165, 1.54) is 4.90 Å². The van der Waals surface area contributed by atoms with E-state index in [1.54, 1.807) is 27.8 Å². The van der Waals surface area contributed by atoms with Gasteiger partial charge in [0.05, 0.1) is 11.4 Å². The molecule has 1 fully saturated rings. The zero-order valence-corrected chi connectivity index (χ0v) is 21.3. The Hall–Kier alpha value is -3.68. The Balaban J connectivity index is 1.68. The third-order valence-corrected chi connectivity index (χ3v) is 6.54. The van der Waals surface area contributed by atoms with Gasteiger partial charge in [-0.3, -0.25) is 9.59 Å². The van der Waals surface area contributed by atoms with Gasteiger partial charge in [-0.1, -0.05) is 67.8 Å². The van der Waals surface area contributed by atoms with Crippen molar-refractivity contribution in [1.82, 2.24) is 10.6 Å². The number of hydrogen-bond acceptors (Lipinski definition) is 5. The van der Waals surface area contributed by atoms with E-state index < -0.39 is 29.3 Å². The van der Waals surface area contributed by atoms with Crippen molar-refractivity contribution in [3.8, 4) is 0 Å². The topological polar surface area (TPSA) is 100 Å². The predicted molar refractivity (Wildman–Crippen MR) is 139 cm³/mol. The number of hydrogen-bond donors (Lipinski definition) is 2. The average Bonchev–Trinajstić information content (AvgIpc) is 2.94. The van der Waals surface area contributed by atoms with E-state index in [1.807, 2.05) is 54.6 Å². The third-order valence-electron chi connectivity index (χ3n) is 6.54. The molecule has 0 saturated heterocycles. The van der Waals surface area contributed by atoms with E-state index in [0.29, 0.717) is 24.2 Å². The Morgan fingerprint density at radius 2 is 1.64 bits per heavy atom. The molecule has 1 unspecified atom stereocenters. The van der Waals surface area contributed by atoms with Crippen molar-refractivity contribution in [2.45, 2.75) is 70.2 Å². The number of likely N-dealkylation sites (N-methyl/N-ethyl adjacent to an activating group) is 1. The van der Waals surface area contributed by atoms with E-state index in [4.69, 9.17) is 9.73 Å². The van der Waals surface area contributed by atoms with Crippen LogP contribution in [0.2, 0.25) is 0 Å². The van der Waals surface area contributed by atoms with Gasteiger partial charge in [0.25, 0.3) is 5.91 Å². The molecule has 3 amide bonds. The number of nitrogens with zero attached hydrogens (tertiary/aromatic N) is 2. The summed E-state index contributed by atoms with van der Waals surface area (Å²) >= 11 is 0. The molecule has 1 heterocycles. The van der Waals surface area contributed by atoms with Crippen LogP contribution in [-0.2, 0) is 14.3 Å². The highest BCUT2D eigenvalue weighted by Gasteiger charge is 2.44. The average molecular weight is 491 g/mol. The number of carbonyl (C=O) groups is 3. The van der Waals surface area contributed by atoms with Gasteiger partial charge < -0.3 is 20.3 Å². The summed E-state index contributed by atoms with van der Waals surface area (Å²) in [7, 11) is 1.68. The molecule has 36 heavy (non-hydrogen) atoms. The number of ether oxygens (including phenoxy) is 1. The molecule has 0 aromatic heterocycles. The summed E-state index contributed by atoms with van der Waals surface area (Å²) in [5.41, 5.74) is 1.10. The van der Waals surface area contributed by atoms with Gasteiger partial charge in [-0.05, 0) is 39.7 Å². The standard InChI is InChI=1S/C28H34N4O4/c1-27(2,3)36-26(35)31-28(17-11-6-12-18-28)25(34)30-23-24(33)32(4)21-16-10-9-15-20(21)22(29-23)19-13-7-5-8-14-19/h5,7-10,13-16,23H,6,11-12,17-18H2,1-4H3,(H,30,34)(H,31,35). The molecule has 8 heteroatoms. The minimum Gasteiger partial charge on any atom is -0.444 e. The highest BCUT2D eigenvalue weighted by Crippen LogP contribution is 2.31. The van der Waals surface area contributed by atoms with Gasteiger partial charge in [0.1, 0.15) is 11.1 Å². The van der Waals surface area contributed by atoms with Crippen LogP contribution in [0.25, 0.3) is 0 Å². The molecule has 2 aliphatic rings. The van der Waals surface area contributed by atoms with Gasteiger partial charge in [0, 0.05) is 18.2 Å². The number of anilines is 1. The lowest BCUT2D eigenvalue weighted by molar-refractivity contribution is -0.132. The molecule has 2 aromatic rings. The molecule has 0 radical (unpaired) electrons. The van der Waals surface area contributed by atoms with Gasteiger partial charge in [-0.25, -0.2) is 9.79 Å². The number of benzodiazepines with no additional fused rings is 1. The number of aliphatic imine (C=N–C) groups is 1. The molecular weight excluding hydrogens is 456 g/mol. The highest BCUT2D eigenvalue weighted by molar-refractivity contribution is 6.20. The third kappa shape index (κ3) is 5.42. The number of carbonyl (C=O) groups excluding carboxylic acids is 3. The van der Waals surface area contributed by atoms with E-state index in [-0.39, 0.29) is 5.91 Å². The highest BCUT2D eigenvalue weighted by atomic mass is 16.6. The van der Waals surface area contributed by atoms with Crippen LogP contribution in [0.3, 0.4) is 0 Å². The maximum Gasteiger partial charge on any atom is 0.408 e. The molecule has 1 atom stereocenters. The van der Waals surface area contributed by atoms with Crippen LogP contribution in [0, 0.1) is 0 Å². The fourth-order valence-corrected chi connectivity index (χ4v) is 4.77. The lowest BCUT2D eigenvalue weighted by Gasteiger charge is -2.37. The second-order valence-corrected chi connectivity index (χ2v) is 10.4. The first kappa shape index (κ1) is 25.4. The van der Waals surface area contributed by atoms with E-state index in [0.717, 1.165) is 30.4 Å². The van der Waals surface area contributed by atoms with Crippen molar-refractivity contribution in [3.63, 3.8) is 0 Å². The quantitative estimate of drug-likeness (QED) is 0.672. The van der Waals surface area contributed by atoms with Crippen LogP contribution in [0.1, 0.15) is 64.0 Å². The lowest BCUT2D eigenvalue weighted by Crippen LogP contribution is -2.62. The van der Waals surface area contributed by atoms with Crippen LogP contribution < -0.4 is 15.5 Å². The van der Waals surface area contributed by atoms with Crippen LogP contribution in [-0.4, -0.2) is 48.0 Å². The van der Waals surface area contributed by atoms with E-state index >= 15 is 0 Å². The maximum absolute atomic E-state index is 13.7. The summed E-state index contributed by atoms with van der Waals surface area (Å²) in [6.45, 7) is 5.33. The second-order valence-electron chi connectivity index (χ2n) is 10.4.